The van der Waals surface area contributed by atoms with Crippen molar-refractivity contribution in [2.45, 2.75) is 25.3 Å². The van der Waals surface area contributed by atoms with Crippen molar-refractivity contribution in [1.82, 2.24) is 39.9 Å². The van der Waals surface area contributed by atoms with E-state index in [1.165, 1.54) is 4.68 Å². The third-order valence-electron chi connectivity index (χ3n) is 4.70. The van der Waals surface area contributed by atoms with Crippen LogP contribution in [0.2, 0.25) is 0 Å². The number of nitrogens with zero attached hydrogens (tertiary/aromatic N) is 7. The number of likely N-dealkylation sites (tertiary alicyclic amines) is 1. The van der Waals surface area contributed by atoms with Crippen molar-refractivity contribution in [3.05, 3.63) is 46.6 Å². The number of carbonyl (C=O) groups is 1. The van der Waals surface area contributed by atoms with Crippen LogP contribution >= 0.6 is 0 Å². The van der Waals surface area contributed by atoms with Gasteiger partial charge in [0, 0.05) is 19.0 Å². The Morgan fingerprint density at radius 2 is 2.11 bits per heavy atom. The zero-order valence-corrected chi connectivity index (χ0v) is 14.5. The quantitative estimate of drug-likeness (QED) is 0.633. The summed E-state index contributed by atoms with van der Waals surface area (Å²) in [6, 6.07) is 9.33. The molecule has 1 saturated heterocycles. The number of H-pyrrole nitrogens is 1. The monoisotopic (exact) mass is 369 g/mol. The SMILES string of the molecule is Nc1nnnn1CC(=O)N1CCCC(c2n[nH]c(=O)n2-c2ccccc2)C1. The van der Waals surface area contributed by atoms with Gasteiger partial charge in [-0.1, -0.05) is 23.3 Å². The molecule has 0 radical (unpaired) electrons. The van der Waals surface area contributed by atoms with Crippen molar-refractivity contribution in [1.29, 1.82) is 0 Å². The molecule has 1 fully saturated rings. The number of piperidine rings is 1. The molecule has 3 aromatic rings. The van der Waals surface area contributed by atoms with Gasteiger partial charge in [0.05, 0.1) is 5.69 Å². The number of hydrogen-bond acceptors (Lipinski definition) is 7. The van der Waals surface area contributed by atoms with Crippen molar-refractivity contribution in [3.8, 4) is 5.69 Å². The number of nitrogens with one attached hydrogen (secondary N) is 1. The van der Waals surface area contributed by atoms with Gasteiger partial charge in [-0.2, -0.15) is 5.10 Å². The van der Waals surface area contributed by atoms with Crippen LogP contribution in [-0.2, 0) is 11.3 Å². The molecule has 4 rings (SSSR count). The average molecular weight is 369 g/mol. The molecule has 2 aromatic heterocycles. The number of hydrogen-bond donors (Lipinski definition) is 2. The summed E-state index contributed by atoms with van der Waals surface area (Å²) < 4.78 is 2.83. The van der Waals surface area contributed by atoms with Crippen LogP contribution in [0.15, 0.2) is 35.1 Å². The fraction of sp³-hybridized carbons (Fsp3) is 0.375. The number of tetrazole rings is 1. The van der Waals surface area contributed by atoms with E-state index in [0.717, 1.165) is 18.5 Å². The van der Waals surface area contributed by atoms with Gasteiger partial charge in [0.2, 0.25) is 11.9 Å². The minimum Gasteiger partial charge on any atom is -0.367 e. The standard InChI is InChI=1S/C16H19N9O2/c17-15-19-21-22-24(15)10-13(26)23-8-4-5-11(9-23)14-18-20-16(27)25(14)12-6-2-1-3-7-12/h1-3,6-7,11H,4-5,8-10H2,(H,20,27)(H2,17,19,22). The lowest BCUT2D eigenvalue weighted by Gasteiger charge is -2.32. The first-order chi connectivity index (χ1) is 13.1. The Morgan fingerprint density at radius 3 is 2.85 bits per heavy atom. The van der Waals surface area contributed by atoms with Crippen LogP contribution in [-0.4, -0.2) is 58.9 Å². The lowest BCUT2D eigenvalue weighted by Crippen LogP contribution is -2.41. The topological polar surface area (TPSA) is 141 Å². The number of aromatic nitrogens is 7. The van der Waals surface area contributed by atoms with Gasteiger partial charge >= 0.3 is 5.69 Å². The number of nitrogen functional groups attached to an aromatic ring is 1. The maximum atomic E-state index is 12.6. The number of aromatic amines is 1. The highest BCUT2D eigenvalue weighted by molar-refractivity contribution is 5.76. The Hall–Kier alpha value is -3.50. The Morgan fingerprint density at radius 1 is 1.30 bits per heavy atom. The Bertz CT molecular complexity index is 991. The summed E-state index contributed by atoms with van der Waals surface area (Å²) in [6.45, 7) is 1.09. The van der Waals surface area contributed by atoms with Crippen LogP contribution in [0.4, 0.5) is 5.95 Å². The summed E-state index contributed by atoms with van der Waals surface area (Å²) in [4.78, 5) is 26.6. The molecule has 140 valence electrons. The van der Waals surface area contributed by atoms with Crippen molar-refractivity contribution in [2.75, 3.05) is 18.8 Å². The molecule has 1 unspecified atom stereocenters. The molecule has 1 amide bonds. The number of para-hydroxylation sites is 1. The Balaban J connectivity index is 1.55. The van der Waals surface area contributed by atoms with Crippen molar-refractivity contribution in [2.24, 2.45) is 0 Å². The molecule has 1 aromatic carbocycles. The first kappa shape index (κ1) is 16.9. The van der Waals surface area contributed by atoms with Gasteiger partial charge in [-0.15, -0.1) is 0 Å². The molecule has 1 aliphatic heterocycles. The largest absolute Gasteiger partial charge is 0.367 e. The number of anilines is 1. The van der Waals surface area contributed by atoms with E-state index in [0.29, 0.717) is 18.9 Å². The molecule has 27 heavy (non-hydrogen) atoms. The number of amides is 1. The van der Waals surface area contributed by atoms with E-state index in [4.69, 9.17) is 5.73 Å². The van der Waals surface area contributed by atoms with Crippen LogP contribution in [0.25, 0.3) is 5.69 Å². The summed E-state index contributed by atoms with van der Waals surface area (Å²) in [5.74, 6) is 0.559. The summed E-state index contributed by atoms with van der Waals surface area (Å²) in [5.41, 5.74) is 6.08. The molecular formula is C16H19N9O2. The van der Waals surface area contributed by atoms with Gasteiger partial charge in [-0.05, 0) is 35.4 Å². The van der Waals surface area contributed by atoms with E-state index in [2.05, 4.69) is 25.7 Å². The molecule has 11 nitrogen and oxygen atoms in total. The highest BCUT2D eigenvalue weighted by Crippen LogP contribution is 2.26. The van der Waals surface area contributed by atoms with Crippen LogP contribution < -0.4 is 11.4 Å². The fourth-order valence-corrected chi connectivity index (χ4v) is 3.38. The molecule has 11 heteroatoms. The summed E-state index contributed by atoms with van der Waals surface area (Å²) in [7, 11) is 0. The van der Waals surface area contributed by atoms with Gasteiger partial charge in [-0.3, -0.25) is 4.79 Å². The predicted octanol–water partition coefficient (Wildman–Crippen LogP) is -0.464. The zero-order chi connectivity index (χ0) is 18.8. The number of nitrogens with two attached hydrogens (primary N) is 1. The molecule has 3 N–H and O–H groups in total. The fourth-order valence-electron chi connectivity index (χ4n) is 3.38. The van der Waals surface area contributed by atoms with E-state index < -0.39 is 0 Å². The molecule has 0 bridgehead atoms. The van der Waals surface area contributed by atoms with Gasteiger partial charge in [0.1, 0.15) is 12.4 Å². The highest BCUT2D eigenvalue weighted by atomic mass is 16.2. The second kappa shape index (κ2) is 7.02. The van der Waals surface area contributed by atoms with Gasteiger partial charge < -0.3 is 10.6 Å². The maximum Gasteiger partial charge on any atom is 0.347 e. The molecule has 0 aliphatic carbocycles. The molecule has 0 saturated carbocycles. The summed E-state index contributed by atoms with van der Waals surface area (Å²) >= 11 is 0. The second-order valence-electron chi connectivity index (χ2n) is 6.43. The van der Waals surface area contributed by atoms with Gasteiger partial charge in [0.15, 0.2) is 0 Å². The van der Waals surface area contributed by atoms with Crippen molar-refractivity contribution in [3.63, 3.8) is 0 Å². The zero-order valence-electron chi connectivity index (χ0n) is 14.5. The lowest BCUT2D eigenvalue weighted by atomic mass is 9.97. The van der Waals surface area contributed by atoms with Crippen molar-refractivity contribution < 1.29 is 4.79 Å². The van der Waals surface area contributed by atoms with Crippen molar-refractivity contribution >= 4 is 11.9 Å². The predicted molar refractivity (Wildman–Crippen MR) is 95.0 cm³/mol. The second-order valence-corrected chi connectivity index (χ2v) is 6.43. The number of benzene rings is 1. The van der Waals surface area contributed by atoms with E-state index in [-0.39, 0.29) is 30.0 Å². The minimum absolute atomic E-state index is 0.0163. The van der Waals surface area contributed by atoms with Crippen LogP contribution in [0.3, 0.4) is 0 Å². The van der Waals surface area contributed by atoms with E-state index in [1.807, 2.05) is 30.3 Å². The van der Waals surface area contributed by atoms with Crippen LogP contribution in [0.1, 0.15) is 24.6 Å². The van der Waals surface area contributed by atoms with E-state index >= 15 is 0 Å². The van der Waals surface area contributed by atoms with Crippen LogP contribution in [0.5, 0.6) is 0 Å². The van der Waals surface area contributed by atoms with E-state index in [9.17, 15) is 9.59 Å². The number of carbonyl (C=O) groups excluding carboxylic acids is 1. The van der Waals surface area contributed by atoms with Crippen LogP contribution in [0, 0.1) is 0 Å². The normalized spacial score (nSPS) is 17.2. The molecule has 1 aliphatic rings. The van der Waals surface area contributed by atoms with Gasteiger partial charge in [0.25, 0.3) is 0 Å². The Labute approximate surface area is 153 Å². The molecular weight excluding hydrogens is 350 g/mol. The first-order valence-electron chi connectivity index (χ1n) is 8.65. The number of rotatable bonds is 4. The lowest BCUT2D eigenvalue weighted by molar-refractivity contribution is -0.133. The maximum absolute atomic E-state index is 12.6. The van der Waals surface area contributed by atoms with E-state index in [1.54, 1.807) is 9.47 Å². The highest BCUT2D eigenvalue weighted by Gasteiger charge is 2.29. The summed E-state index contributed by atoms with van der Waals surface area (Å²) in [5, 5.41) is 17.5. The average Bonchev–Trinajstić information content (AvgIpc) is 3.28. The molecule has 0 spiro atoms. The molecule has 3 heterocycles. The van der Waals surface area contributed by atoms with Gasteiger partial charge in [-0.25, -0.2) is 19.1 Å². The minimum atomic E-state index is -0.291. The first-order valence-corrected chi connectivity index (χ1v) is 8.65. The smallest absolute Gasteiger partial charge is 0.347 e. The third kappa shape index (κ3) is 3.30. The summed E-state index contributed by atoms with van der Waals surface area (Å²) in [6.07, 6.45) is 1.66. The third-order valence-corrected chi connectivity index (χ3v) is 4.70. The molecule has 1 atom stereocenters. The Kier molecular flexibility index (Phi) is 4.40.